The number of halogens is 1. The van der Waals surface area contributed by atoms with E-state index in [1.54, 1.807) is 23.6 Å². The monoisotopic (exact) mass is 407 g/mol. The summed E-state index contributed by atoms with van der Waals surface area (Å²) in [7, 11) is 0. The third-order valence-corrected chi connectivity index (χ3v) is 6.24. The molecule has 29 heavy (non-hydrogen) atoms. The van der Waals surface area contributed by atoms with Crippen LogP contribution in [-0.2, 0) is 6.54 Å². The second-order valence-corrected chi connectivity index (χ2v) is 8.41. The maximum atomic E-state index is 13.3. The van der Waals surface area contributed by atoms with Gasteiger partial charge in [-0.05, 0) is 56.1 Å². The topological polar surface area (TPSA) is 64.8 Å². The maximum absolute atomic E-state index is 13.3. The van der Waals surface area contributed by atoms with Crippen LogP contribution in [0.5, 0.6) is 0 Å². The van der Waals surface area contributed by atoms with E-state index in [9.17, 15) is 4.39 Å². The number of nitriles is 1. The van der Waals surface area contributed by atoms with E-state index in [1.807, 2.05) is 25.1 Å². The molecule has 1 fully saturated rings. The summed E-state index contributed by atoms with van der Waals surface area (Å²) in [5.74, 6) is 0.561. The third kappa shape index (κ3) is 4.61. The molecular weight excluding hydrogens is 385 g/mol. The smallest absolute Gasteiger partial charge is 0.126 e. The number of aromatic nitrogens is 2. The number of hydrogen-bond acceptors (Lipinski definition) is 6. The van der Waals surface area contributed by atoms with Gasteiger partial charge in [-0.2, -0.15) is 5.26 Å². The number of nitrogens with zero attached hydrogens (tertiary/aromatic N) is 4. The van der Waals surface area contributed by atoms with Gasteiger partial charge in [0.1, 0.15) is 17.7 Å². The Hall–Kier alpha value is -2.82. The zero-order valence-electron chi connectivity index (χ0n) is 16.2. The standard InChI is InChI=1S/C22H22FN5S/c1-15-27-20(22(29-15)17-5-7-18(23)8-6-17)14-28-10-2-3-19(28)13-26-21-9-4-16(11-24)12-25-21/h4-9,12,19H,2-3,10,13-14H2,1H3,(H,25,26)/t19-/m0/s1. The van der Waals surface area contributed by atoms with Gasteiger partial charge in [-0.15, -0.1) is 11.3 Å². The molecule has 3 aromatic rings. The zero-order chi connectivity index (χ0) is 20.2. The first kappa shape index (κ1) is 19.5. The van der Waals surface area contributed by atoms with E-state index < -0.39 is 0 Å². The van der Waals surface area contributed by atoms with E-state index >= 15 is 0 Å². The SMILES string of the molecule is Cc1nc(CN2CCC[C@H]2CNc2ccc(C#N)cn2)c(-c2ccc(F)cc2)s1. The molecule has 0 bridgehead atoms. The largest absolute Gasteiger partial charge is 0.369 e. The van der Waals surface area contributed by atoms with Crippen molar-refractivity contribution in [2.45, 2.75) is 32.4 Å². The lowest BCUT2D eigenvalue weighted by Gasteiger charge is -2.24. The van der Waals surface area contributed by atoms with Crippen LogP contribution in [0.1, 0.15) is 29.1 Å². The minimum atomic E-state index is -0.223. The van der Waals surface area contributed by atoms with Gasteiger partial charge in [0.05, 0.1) is 21.1 Å². The van der Waals surface area contributed by atoms with Crippen LogP contribution in [0, 0.1) is 24.1 Å². The Morgan fingerprint density at radius 3 is 2.83 bits per heavy atom. The summed E-state index contributed by atoms with van der Waals surface area (Å²) in [4.78, 5) is 12.6. The molecule has 4 rings (SSSR count). The summed E-state index contributed by atoms with van der Waals surface area (Å²) in [6.07, 6.45) is 3.86. The fraction of sp³-hybridized carbons (Fsp3) is 0.318. The molecule has 0 radical (unpaired) electrons. The molecule has 2 aromatic heterocycles. The number of rotatable bonds is 6. The van der Waals surface area contributed by atoms with E-state index in [0.29, 0.717) is 11.6 Å². The molecule has 1 aliphatic heterocycles. The van der Waals surface area contributed by atoms with E-state index in [0.717, 1.165) is 59.4 Å². The number of nitrogens with one attached hydrogen (secondary N) is 1. The Labute approximate surface area is 173 Å². The highest BCUT2D eigenvalue weighted by Gasteiger charge is 2.26. The average Bonchev–Trinajstić information content (AvgIpc) is 3.33. The van der Waals surface area contributed by atoms with Crippen molar-refractivity contribution in [1.82, 2.24) is 14.9 Å². The normalized spacial score (nSPS) is 16.7. The lowest BCUT2D eigenvalue weighted by Crippen LogP contribution is -2.34. The number of aryl methyl sites for hydroxylation is 1. The number of anilines is 1. The second kappa shape index (κ2) is 8.68. The highest BCUT2D eigenvalue weighted by atomic mass is 32.1. The molecule has 5 nitrogen and oxygen atoms in total. The Balaban J connectivity index is 1.44. The van der Waals surface area contributed by atoms with E-state index in [4.69, 9.17) is 10.2 Å². The molecule has 1 aliphatic rings. The first-order valence-corrected chi connectivity index (χ1v) is 10.5. The molecule has 1 saturated heterocycles. The van der Waals surface area contributed by atoms with Crippen molar-refractivity contribution in [3.63, 3.8) is 0 Å². The quantitative estimate of drug-likeness (QED) is 0.647. The number of hydrogen-bond donors (Lipinski definition) is 1. The minimum Gasteiger partial charge on any atom is -0.369 e. The Morgan fingerprint density at radius 1 is 1.28 bits per heavy atom. The van der Waals surface area contributed by atoms with Gasteiger partial charge >= 0.3 is 0 Å². The molecule has 148 valence electrons. The van der Waals surface area contributed by atoms with Crippen molar-refractivity contribution in [1.29, 1.82) is 5.26 Å². The van der Waals surface area contributed by atoms with Crippen LogP contribution < -0.4 is 5.32 Å². The number of likely N-dealkylation sites (tertiary alicyclic amines) is 1. The minimum absolute atomic E-state index is 0.223. The van der Waals surface area contributed by atoms with Crippen molar-refractivity contribution in [3.05, 3.63) is 64.7 Å². The predicted molar refractivity (Wildman–Crippen MR) is 113 cm³/mol. The van der Waals surface area contributed by atoms with Crippen LogP contribution in [0.2, 0.25) is 0 Å². The van der Waals surface area contributed by atoms with Gasteiger partial charge in [0.15, 0.2) is 0 Å². The summed E-state index contributed by atoms with van der Waals surface area (Å²) >= 11 is 1.66. The summed E-state index contributed by atoms with van der Waals surface area (Å²) in [5, 5.41) is 13.3. The molecule has 0 aliphatic carbocycles. The van der Waals surface area contributed by atoms with Crippen molar-refractivity contribution < 1.29 is 4.39 Å². The fourth-order valence-corrected chi connectivity index (χ4v) is 4.65. The number of benzene rings is 1. The highest BCUT2D eigenvalue weighted by molar-refractivity contribution is 7.15. The van der Waals surface area contributed by atoms with Gasteiger partial charge in [-0.3, -0.25) is 4.90 Å². The van der Waals surface area contributed by atoms with Crippen LogP contribution in [0.25, 0.3) is 10.4 Å². The van der Waals surface area contributed by atoms with E-state index in [1.165, 1.54) is 12.1 Å². The van der Waals surface area contributed by atoms with Crippen LogP contribution in [-0.4, -0.2) is 34.0 Å². The van der Waals surface area contributed by atoms with Crippen LogP contribution in [0.3, 0.4) is 0 Å². The molecule has 0 amide bonds. The van der Waals surface area contributed by atoms with E-state index in [-0.39, 0.29) is 5.82 Å². The summed E-state index contributed by atoms with van der Waals surface area (Å²) in [6.45, 7) is 4.63. The summed E-state index contributed by atoms with van der Waals surface area (Å²) in [6, 6.07) is 12.7. The predicted octanol–water partition coefficient (Wildman–Crippen LogP) is 4.60. The molecule has 1 aromatic carbocycles. The Kier molecular flexibility index (Phi) is 5.84. The zero-order valence-corrected chi connectivity index (χ0v) is 17.0. The van der Waals surface area contributed by atoms with Gasteiger partial charge in [0.2, 0.25) is 0 Å². The lowest BCUT2D eigenvalue weighted by molar-refractivity contribution is 0.252. The van der Waals surface area contributed by atoms with Gasteiger partial charge in [-0.1, -0.05) is 12.1 Å². The molecule has 0 saturated carbocycles. The van der Waals surface area contributed by atoms with Gasteiger partial charge in [0, 0.05) is 25.3 Å². The molecular formula is C22H22FN5S. The Morgan fingerprint density at radius 2 is 2.10 bits per heavy atom. The summed E-state index contributed by atoms with van der Waals surface area (Å²) < 4.78 is 13.3. The van der Waals surface area contributed by atoms with Crippen LogP contribution >= 0.6 is 11.3 Å². The molecule has 7 heteroatoms. The first-order chi connectivity index (χ1) is 14.1. The Bertz CT molecular complexity index is 1010. The first-order valence-electron chi connectivity index (χ1n) is 9.68. The second-order valence-electron chi connectivity index (χ2n) is 7.21. The number of thiazole rings is 1. The third-order valence-electron chi connectivity index (χ3n) is 5.17. The molecule has 1 N–H and O–H groups in total. The average molecular weight is 408 g/mol. The number of pyridine rings is 1. The summed E-state index contributed by atoms with van der Waals surface area (Å²) in [5.41, 5.74) is 2.63. The van der Waals surface area contributed by atoms with Crippen molar-refractivity contribution in [2.24, 2.45) is 0 Å². The van der Waals surface area contributed by atoms with E-state index in [2.05, 4.69) is 21.3 Å². The van der Waals surface area contributed by atoms with Crippen LogP contribution in [0.15, 0.2) is 42.6 Å². The van der Waals surface area contributed by atoms with Crippen molar-refractivity contribution in [3.8, 4) is 16.5 Å². The fourth-order valence-electron chi connectivity index (χ4n) is 3.72. The highest BCUT2D eigenvalue weighted by Crippen LogP contribution is 2.32. The van der Waals surface area contributed by atoms with Gasteiger partial charge in [-0.25, -0.2) is 14.4 Å². The molecule has 0 unspecified atom stereocenters. The van der Waals surface area contributed by atoms with Gasteiger partial charge < -0.3 is 5.32 Å². The van der Waals surface area contributed by atoms with Crippen molar-refractivity contribution in [2.75, 3.05) is 18.4 Å². The van der Waals surface area contributed by atoms with Crippen molar-refractivity contribution >= 4 is 17.2 Å². The molecule has 3 heterocycles. The molecule has 1 atom stereocenters. The van der Waals surface area contributed by atoms with Gasteiger partial charge in [0.25, 0.3) is 0 Å². The lowest BCUT2D eigenvalue weighted by atomic mass is 10.1. The molecule has 0 spiro atoms. The maximum Gasteiger partial charge on any atom is 0.126 e. The van der Waals surface area contributed by atoms with Crippen LogP contribution in [0.4, 0.5) is 10.2 Å².